The molecule has 16 heavy (non-hydrogen) atoms. The van der Waals surface area contributed by atoms with Crippen molar-refractivity contribution in [2.24, 2.45) is 5.73 Å². The Hall–Kier alpha value is -1.19. The maximum atomic E-state index is 5.54. The van der Waals surface area contributed by atoms with Gasteiger partial charge >= 0.3 is 0 Å². The van der Waals surface area contributed by atoms with Crippen LogP contribution in [-0.4, -0.2) is 4.98 Å². The van der Waals surface area contributed by atoms with Crippen molar-refractivity contribution in [2.45, 2.75) is 26.3 Å². The summed E-state index contributed by atoms with van der Waals surface area (Å²) in [6, 6.07) is 8.63. The number of hydrogen-bond acceptors (Lipinski definition) is 3. The monoisotopic (exact) mass is 232 g/mol. The number of nitrogens with zero attached hydrogens (tertiary/aromatic N) is 1. The quantitative estimate of drug-likeness (QED) is 0.880. The lowest BCUT2D eigenvalue weighted by molar-refractivity contribution is 0.903. The molecule has 0 aliphatic carbocycles. The Morgan fingerprint density at radius 3 is 2.88 bits per heavy atom. The molecule has 2 N–H and O–H groups in total. The summed E-state index contributed by atoms with van der Waals surface area (Å²) in [5, 5.41) is 3.14. The molecule has 2 aromatic rings. The zero-order valence-electron chi connectivity index (χ0n) is 9.44. The highest BCUT2D eigenvalue weighted by Crippen LogP contribution is 2.12. The highest BCUT2D eigenvalue weighted by Gasteiger charge is 2.01. The maximum absolute atomic E-state index is 5.54. The molecule has 0 aliphatic rings. The first-order valence-electron chi connectivity index (χ1n) is 5.47. The Labute approximate surface area is 100 Å². The molecule has 0 unspecified atom stereocenters. The van der Waals surface area contributed by atoms with E-state index in [-0.39, 0.29) is 0 Å². The topological polar surface area (TPSA) is 38.9 Å². The van der Waals surface area contributed by atoms with Gasteiger partial charge in [0, 0.05) is 11.9 Å². The van der Waals surface area contributed by atoms with Gasteiger partial charge in [-0.05, 0) is 25.3 Å². The maximum Gasteiger partial charge on any atom is 0.106 e. The van der Waals surface area contributed by atoms with Crippen molar-refractivity contribution in [3.05, 3.63) is 51.5 Å². The molecular weight excluding hydrogens is 216 g/mol. The lowest BCUT2D eigenvalue weighted by Gasteiger charge is -2.00. The second-order valence-electron chi connectivity index (χ2n) is 3.93. The van der Waals surface area contributed by atoms with Crippen molar-refractivity contribution in [2.75, 3.05) is 0 Å². The van der Waals surface area contributed by atoms with Gasteiger partial charge in [0.25, 0.3) is 0 Å². The molecule has 0 bridgehead atoms. The lowest BCUT2D eigenvalue weighted by Crippen LogP contribution is -1.97. The van der Waals surface area contributed by atoms with E-state index in [4.69, 9.17) is 5.73 Å². The number of aromatic nitrogens is 1. The van der Waals surface area contributed by atoms with Crippen LogP contribution in [0.5, 0.6) is 0 Å². The highest BCUT2D eigenvalue weighted by atomic mass is 32.1. The minimum atomic E-state index is 0.551. The van der Waals surface area contributed by atoms with Gasteiger partial charge in [-0.1, -0.05) is 29.8 Å². The largest absolute Gasteiger partial charge is 0.325 e. The molecule has 0 saturated carbocycles. The van der Waals surface area contributed by atoms with E-state index in [9.17, 15) is 0 Å². The molecule has 2 nitrogen and oxygen atoms in total. The summed E-state index contributed by atoms with van der Waals surface area (Å²) >= 11 is 1.65. The van der Waals surface area contributed by atoms with E-state index in [1.165, 1.54) is 11.1 Å². The molecule has 2 rings (SSSR count). The fourth-order valence-electron chi connectivity index (χ4n) is 1.70. The molecule has 1 aromatic heterocycles. The fraction of sp³-hybridized carbons (Fsp3) is 0.308. The minimum absolute atomic E-state index is 0.551. The summed E-state index contributed by atoms with van der Waals surface area (Å²) < 4.78 is 0. The van der Waals surface area contributed by atoms with Crippen molar-refractivity contribution < 1.29 is 0 Å². The normalized spacial score (nSPS) is 10.6. The standard InChI is InChI=1S/C13H16N2S/c1-10-3-2-4-11(7-10)5-6-12-9-16-13(8-14)15-12/h2-4,7,9H,5-6,8,14H2,1H3. The molecule has 0 amide bonds. The van der Waals surface area contributed by atoms with E-state index >= 15 is 0 Å². The third kappa shape index (κ3) is 2.90. The predicted molar refractivity (Wildman–Crippen MR) is 68.6 cm³/mol. The van der Waals surface area contributed by atoms with Crippen molar-refractivity contribution in [3.63, 3.8) is 0 Å². The van der Waals surface area contributed by atoms with Crippen LogP contribution in [0.2, 0.25) is 0 Å². The zero-order valence-corrected chi connectivity index (χ0v) is 10.3. The van der Waals surface area contributed by atoms with Crippen LogP contribution in [-0.2, 0) is 19.4 Å². The number of thiazole rings is 1. The summed E-state index contributed by atoms with van der Waals surface area (Å²) in [6.07, 6.45) is 2.05. The van der Waals surface area contributed by atoms with Crippen molar-refractivity contribution in [1.82, 2.24) is 4.98 Å². The summed E-state index contributed by atoms with van der Waals surface area (Å²) in [4.78, 5) is 4.46. The molecule has 0 aliphatic heterocycles. The highest BCUT2D eigenvalue weighted by molar-refractivity contribution is 7.09. The van der Waals surface area contributed by atoms with Gasteiger partial charge < -0.3 is 5.73 Å². The predicted octanol–water partition coefficient (Wildman–Crippen LogP) is 2.70. The average molecular weight is 232 g/mol. The van der Waals surface area contributed by atoms with Gasteiger partial charge in [0.05, 0.1) is 5.69 Å². The van der Waals surface area contributed by atoms with E-state index < -0.39 is 0 Å². The Balaban J connectivity index is 1.96. The summed E-state index contributed by atoms with van der Waals surface area (Å²) in [6.45, 7) is 2.67. The van der Waals surface area contributed by atoms with Crippen molar-refractivity contribution in [3.8, 4) is 0 Å². The molecule has 1 heterocycles. The van der Waals surface area contributed by atoms with E-state index in [2.05, 4.69) is 41.6 Å². The third-order valence-electron chi connectivity index (χ3n) is 2.53. The van der Waals surface area contributed by atoms with Crippen molar-refractivity contribution in [1.29, 1.82) is 0 Å². The summed E-state index contributed by atoms with van der Waals surface area (Å²) in [7, 11) is 0. The van der Waals surface area contributed by atoms with Crippen LogP contribution in [0.15, 0.2) is 29.6 Å². The van der Waals surface area contributed by atoms with Gasteiger partial charge in [-0.2, -0.15) is 0 Å². The van der Waals surface area contributed by atoms with Crippen LogP contribution in [0.3, 0.4) is 0 Å². The Kier molecular flexibility index (Phi) is 3.70. The van der Waals surface area contributed by atoms with Crippen LogP contribution in [0.1, 0.15) is 21.8 Å². The summed E-state index contributed by atoms with van der Waals surface area (Å²) in [5.41, 5.74) is 9.39. The number of nitrogens with two attached hydrogens (primary N) is 1. The molecule has 0 atom stereocenters. The minimum Gasteiger partial charge on any atom is -0.325 e. The Morgan fingerprint density at radius 1 is 1.31 bits per heavy atom. The first-order valence-corrected chi connectivity index (χ1v) is 6.35. The molecule has 3 heteroatoms. The van der Waals surface area contributed by atoms with Gasteiger partial charge in [0.1, 0.15) is 5.01 Å². The van der Waals surface area contributed by atoms with Crippen LogP contribution in [0.4, 0.5) is 0 Å². The molecule has 0 saturated heterocycles. The van der Waals surface area contributed by atoms with Crippen LogP contribution in [0, 0.1) is 6.92 Å². The smallest absolute Gasteiger partial charge is 0.106 e. The molecule has 84 valence electrons. The molecule has 0 spiro atoms. The van der Waals surface area contributed by atoms with Gasteiger partial charge in [0.15, 0.2) is 0 Å². The number of hydrogen-bond donors (Lipinski definition) is 1. The number of benzene rings is 1. The second kappa shape index (κ2) is 5.23. The first kappa shape index (κ1) is 11.3. The third-order valence-corrected chi connectivity index (χ3v) is 3.45. The van der Waals surface area contributed by atoms with Crippen LogP contribution >= 0.6 is 11.3 Å². The van der Waals surface area contributed by atoms with Gasteiger partial charge in [0.2, 0.25) is 0 Å². The molecule has 0 fully saturated rings. The zero-order chi connectivity index (χ0) is 11.4. The molecule has 1 aromatic carbocycles. The Morgan fingerprint density at radius 2 is 2.19 bits per heavy atom. The van der Waals surface area contributed by atoms with Gasteiger partial charge in [-0.3, -0.25) is 0 Å². The average Bonchev–Trinajstić information content (AvgIpc) is 2.74. The second-order valence-corrected chi connectivity index (χ2v) is 4.87. The molecule has 0 radical (unpaired) electrons. The summed E-state index contributed by atoms with van der Waals surface area (Å²) in [5.74, 6) is 0. The lowest BCUT2D eigenvalue weighted by atomic mass is 10.1. The van der Waals surface area contributed by atoms with E-state index in [1.54, 1.807) is 11.3 Å². The van der Waals surface area contributed by atoms with Gasteiger partial charge in [-0.15, -0.1) is 11.3 Å². The number of rotatable bonds is 4. The SMILES string of the molecule is Cc1cccc(CCc2csc(CN)n2)c1. The first-order chi connectivity index (χ1) is 7.78. The van der Waals surface area contributed by atoms with Crippen LogP contribution in [0.25, 0.3) is 0 Å². The fourth-order valence-corrected chi connectivity index (χ4v) is 2.41. The van der Waals surface area contributed by atoms with Crippen molar-refractivity contribution >= 4 is 11.3 Å². The van der Waals surface area contributed by atoms with E-state index in [1.807, 2.05) is 0 Å². The van der Waals surface area contributed by atoms with E-state index in [0.717, 1.165) is 23.5 Å². The Bertz CT molecular complexity index is 462. The van der Waals surface area contributed by atoms with E-state index in [0.29, 0.717) is 6.54 Å². The number of aryl methyl sites for hydroxylation is 3. The molecular formula is C13H16N2S. The van der Waals surface area contributed by atoms with Crippen LogP contribution < -0.4 is 5.73 Å². The van der Waals surface area contributed by atoms with Gasteiger partial charge in [-0.25, -0.2) is 4.98 Å².